The largest absolute Gasteiger partial charge is 0.494 e. The van der Waals surface area contributed by atoms with Crippen LogP contribution in [0.25, 0.3) is 0 Å². The Morgan fingerprint density at radius 1 is 0.929 bits per heavy atom. The fraction of sp³-hybridized carbons (Fsp3) is 0.355. The second kappa shape index (κ2) is 14.8. The fourth-order valence-electron chi connectivity index (χ4n) is 4.14. The number of rotatable bonds is 13. The lowest BCUT2D eigenvalue weighted by Crippen LogP contribution is -2.52. The van der Waals surface area contributed by atoms with Gasteiger partial charge < -0.3 is 15.0 Å². The normalized spacial score (nSPS) is 12.7. The molecule has 0 spiro atoms. The van der Waals surface area contributed by atoms with Gasteiger partial charge in [-0.1, -0.05) is 53.9 Å². The second-order valence-corrected chi connectivity index (χ2v) is 12.6. The molecular formula is C31H37Cl2N3O5S. The highest BCUT2D eigenvalue weighted by molar-refractivity contribution is 7.92. The first-order valence-corrected chi connectivity index (χ1v) is 15.9. The number of carbonyl (C=O) groups is 2. The number of sulfonamides is 1. The van der Waals surface area contributed by atoms with Crippen LogP contribution in [0.4, 0.5) is 5.69 Å². The lowest BCUT2D eigenvalue weighted by atomic mass is 10.1. The number of hydrogen-bond donors (Lipinski definition) is 1. The molecule has 2 unspecified atom stereocenters. The zero-order valence-electron chi connectivity index (χ0n) is 24.4. The summed E-state index contributed by atoms with van der Waals surface area (Å²) in [7, 11) is -4.21. The molecule has 0 bridgehead atoms. The summed E-state index contributed by atoms with van der Waals surface area (Å²) in [6.45, 7) is 8.88. The summed E-state index contributed by atoms with van der Waals surface area (Å²) in [5, 5.41) is 3.55. The number of carbonyl (C=O) groups excluding carboxylic acids is 2. The van der Waals surface area contributed by atoms with Crippen molar-refractivity contribution >= 4 is 50.7 Å². The highest BCUT2D eigenvalue weighted by atomic mass is 35.5. The maximum Gasteiger partial charge on any atom is 0.264 e. The number of nitrogens with one attached hydrogen (secondary N) is 1. The maximum atomic E-state index is 14.1. The van der Waals surface area contributed by atoms with Crippen LogP contribution in [-0.2, 0) is 26.2 Å². The molecule has 3 rings (SSSR count). The first-order chi connectivity index (χ1) is 19.9. The molecular weight excluding hydrogens is 597 g/mol. The van der Waals surface area contributed by atoms with Crippen LogP contribution in [0.5, 0.6) is 5.75 Å². The summed E-state index contributed by atoms with van der Waals surface area (Å²) in [6, 6.07) is 16.7. The Morgan fingerprint density at radius 2 is 1.52 bits per heavy atom. The average molecular weight is 635 g/mol. The van der Waals surface area contributed by atoms with Crippen LogP contribution < -0.4 is 14.4 Å². The third kappa shape index (κ3) is 8.18. The van der Waals surface area contributed by atoms with Gasteiger partial charge in [0.1, 0.15) is 18.3 Å². The van der Waals surface area contributed by atoms with Gasteiger partial charge in [0.15, 0.2) is 0 Å². The fourth-order valence-corrected chi connectivity index (χ4v) is 6.07. The summed E-state index contributed by atoms with van der Waals surface area (Å²) < 4.78 is 34.5. The Morgan fingerprint density at radius 3 is 2.07 bits per heavy atom. The molecule has 0 aromatic heterocycles. The number of amides is 2. The van der Waals surface area contributed by atoms with Gasteiger partial charge in [-0.25, -0.2) is 8.42 Å². The predicted octanol–water partition coefficient (Wildman–Crippen LogP) is 6.23. The summed E-state index contributed by atoms with van der Waals surface area (Å²) in [5.74, 6) is -0.455. The number of aryl methyl sites for hydroxylation is 1. The molecule has 0 saturated heterocycles. The smallest absolute Gasteiger partial charge is 0.264 e. The second-order valence-electron chi connectivity index (χ2n) is 9.97. The molecule has 2 amide bonds. The number of nitrogens with zero attached hydrogens (tertiary/aromatic N) is 2. The molecule has 0 fully saturated rings. The van der Waals surface area contributed by atoms with Crippen LogP contribution in [0.3, 0.4) is 0 Å². The van der Waals surface area contributed by atoms with Crippen LogP contribution in [0.1, 0.15) is 45.2 Å². The van der Waals surface area contributed by atoms with Crippen molar-refractivity contribution in [2.45, 2.75) is 64.6 Å². The van der Waals surface area contributed by atoms with Crippen molar-refractivity contribution in [1.29, 1.82) is 0 Å². The van der Waals surface area contributed by atoms with E-state index in [0.29, 0.717) is 40.1 Å². The molecule has 11 heteroatoms. The van der Waals surface area contributed by atoms with Crippen molar-refractivity contribution in [3.8, 4) is 5.75 Å². The minimum atomic E-state index is -4.21. The predicted molar refractivity (Wildman–Crippen MR) is 168 cm³/mol. The van der Waals surface area contributed by atoms with Gasteiger partial charge in [-0.15, -0.1) is 0 Å². The van der Waals surface area contributed by atoms with E-state index in [-0.39, 0.29) is 23.4 Å². The topological polar surface area (TPSA) is 96.0 Å². The molecule has 0 aliphatic rings. The van der Waals surface area contributed by atoms with Crippen molar-refractivity contribution in [2.24, 2.45) is 0 Å². The molecule has 0 aliphatic carbocycles. The van der Waals surface area contributed by atoms with E-state index >= 15 is 0 Å². The van der Waals surface area contributed by atoms with Gasteiger partial charge in [-0.2, -0.15) is 0 Å². The highest BCUT2D eigenvalue weighted by Crippen LogP contribution is 2.29. The number of anilines is 1. The van der Waals surface area contributed by atoms with Crippen molar-refractivity contribution in [2.75, 3.05) is 17.5 Å². The third-order valence-electron chi connectivity index (χ3n) is 6.88. The molecule has 0 radical (unpaired) electrons. The van der Waals surface area contributed by atoms with E-state index in [4.69, 9.17) is 27.9 Å². The summed E-state index contributed by atoms with van der Waals surface area (Å²) in [5.41, 5.74) is 1.68. The SMILES string of the molecule is CCOc1ccc(S(=O)(=O)N(CC(=O)N(Cc2c(Cl)cccc2Cl)C(C)C(=O)NC(C)CC)c2ccc(C)cc2)cc1. The Labute approximate surface area is 258 Å². The molecule has 1 N–H and O–H groups in total. The van der Waals surface area contributed by atoms with Gasteiger partial charge in [0.25, 0.3) is 10.0 Å². The molecule has 3 aromatic carbocycles. The molecule has 42 heavy (non-hydrogen) atoms. The zero-order chi connectivity index (χ0) is 31.0. The van der Waals surface area contributed by atoms with Crippen LogP contribution in [0, 0.1) is 6.92 Å². The zero-order valence-corrected chi connectivity index (χ0v) is 26.8. The first-order valence-electron chi connectivity index (χ1n) is 13.7. The molecule has 0 saturated carbocycles. The minimum absolute atomic E-state index is 0.0115. The number of ether oxygens (including phenoxy) is 1. The van der Waals surface area contributed by atoms with Crippen LogP contribution in [0.15, 0.2) is 71.6 Å². The lowest BCUT2D eigenvalue weighted by Gasteiger charge is -2.33. The maximum absolute atomic E-state index is 14.1. The lowest BCUT2D eigenvalue weighted by molar-refractivity contribution is -0.139. The Balaban J connectivity index is 2.05. The highest BCUT2D eigenvalue weighted by Gasteiger charge is 2.33. The van der Waals surface area contributed by atoms with Gasteiger partial charge in [-0.3, -0.25) is 13.9 Å². The molecule has 2 atom stereocenters. The van der Waals surface area contributed by atoms with Gasteiger partial charge in [0.05, 0.1) is 17.2 Å². The van der Waals surface area contributed by atoms with Gasteiger partial charge in [0.2, 0.25) is 11.8 Å². The molecule has 226 valence electrons. The number of halogens is 2. The van der Waals surface area contributed by atoms with Gasteiger partial charge in [0, 0.05) is 28.2 Å². The Bertz CT molecular complexity index is 1460. The number of hydrogen-bond acceptors (Lipinski definition) is 5. The average Bonchev–Trinajstić information content (AvgIpc) is 2.96. The molecule has 3 aromatic rings. The van der Waals surface area contributed by atoms with Gasteiger partial charge >= 0.3 is 0 Å². The van der Waals surface area contributed by atoms with Crippen molar-refractivity contribution in [3.63, 3.8) is 0 Å². The monoisotopic (exact) mass is 633 g/mol. The number of benzene rings is 3. The van der Waals surface area contributed by atoms with E-state index in [1.165, 1.54) is 17.0 Å². The van der Waals surface area contributed by atoms with E-state index in [0.717, 1.165) is 9.87 Å². The van der Waals surface area contributed by atoms with E-state index in [2.05, 4.69) is 5.32 Å². The molecule has 0 aliphatic heterocycles. The third-order valence-corrected chi connectivity index (χ3v) is 9.38. The molecule has 0 heterocycles. The van der Waals surface area contributed by atoms with Crippen LogP contribution in [0.2, 0.25) is 10.0 Å². The van der Waals surface area contributed by atoms with E-state index in [1.807, 2.05) is 27.7 Å². The van der Waals surface area contributed by atoms with Crippen LogP contribution >= 0.6 is 23.2 Å². The first kappa shape index (κ1) is 33.2. The van der Waals surface area contributed by atoms with E-state index in [1.54, 1.807) is 61.5 Å². The van der Waals surface area contributed by atoms with E-state index < -0.39 is 28.5 Å². The standard InChI is InChI=1S/C31H37Cl2N3O5S/c1-6-22(4)34-31(38)23(5)35(19-27-28(32)9-8-10-29(27)33)30(37)20-36(24-13-11-21(3)12-14-24)42(39,40)26-17-15-25(16-18-26)41-7-2/h8-18,22-23H,6-7,19-20H2,1-5H3,(H,34,38). The van der Waals surface area contributed by atoms with Crippen LogP contribution in [-0.4, -0.2) is 50.4 Å². The minimum Gasteiger partial charge on any atom is -0.494 e. The quantitative estimate of drug-likeness (QED) is 0.241. The Hall–Kier alpha value is -3.27. The van der Waals surface area contributed by atoms with Crippen molar-refractivity contribution in [3.05, 3.63) is 87.9 Å². The Kier molecular flexibility index (Phi) is 11.7. The summed E-state index contributed by atoms with van der Waals surface area (Å²) >= 11 is 12.9. The van der Waals surface area contributed by atoms with E-state index in [9.17, 15) is 18.0 Å². The summed E-state index contributed by atoms with van der Waals surface area (Å²) in [4.78, 5) is 28.6. The van der Waals surface area contributed by atoms with Gasteiger partial charge in [-0.05, 0) is 82.6 Å². The summed E-state index contributed by atoms with van der Waals surface area (Å²) in [6.07, 6.45) is 0.699. The molecule has 8 nitrogen and oxygen atoms in total. The van der Waals surface area contributed by atoms with Crippen molar-refractivity contribution in [1.82, 2.24) is 10.2 Å². The van der Waals surface area contributed by atoms with Crippen molar-refractivity contribution < 1.29 is 22.7 Å².